The van der Waals surface area contributed by atoms with Crippen molar-refractivity contribution in [3.8, 4) is 0 Å². The van der Waals surface area contributed by atoms with E-state index in [0.29, 0.717) is 17.9 Å². The van der Waals surface area contributed by atoms with Crippen molar-refractivity contribution >= 4 is 35.7 Å². The number of carbonyl (C=O) groups excluding carboxylic acids is 2. The normalized spacial score (nSPS) is 13.2. The number of rotatable bonds is 7. The maximum Gasteiger partial charge on any atom is 0.319 e. The third-order valence-electron chi connectivity index (χ3n) is 3.26. The molecule has 23 heavy (non-hydrogen) atoms. The Morgan fingerprint density at radius 1 is 1.09 bits per heavy atom. The topological polar surface area (TPSA) is 82.3 Å². The monoisotopic (exact) mass is 340 g/mol. The van der Waals surface area contributed by atoms with E-state index in [1.807, 2.05) is 13.8 Å². The Hall–Kier alpha value is -1.79. The van der Waals surface area contributed by atoms with Gasteiger partial charge in [0.15, 0.2) is 0 Å². The Bertz CT molecular complexity index is 515. The highest BCUT2D eigenvalue weighted by Gasteiger charge is 2.20. The van der Waals surface area contributed by atoms with Gasteiger partial charge >= 0.3 is 6.03 Å². The van der Waals surface area contributed by atoms with Gasteiger partial charge in [0, 0.05) is 17.4 Å². The number of anilines is 2. The van der Waals surface area contributed by atoms with Crippen LogP contribution in [0, 0.1) is 5.92 Å². The molecule has 4 N–H and O–H groups in total. The maximum absolute atomic E-state index is 11.7. The number of hydrogen-bond acceptors (Lipinski definition) is 3. The van der Waals surface area contributed by atoms with Crippen LogP contribution in [0.5, 0.6) is 0 Å². The van der Waals surface area contributed by atoms with E-state index in [4.69, 9.17) is 0 Å². The van der Waals surface area contributed by atoms with Crippen LogP contribution in [0.15, 0.2) is 24.3 Å². The van der Waals surface area contributed by atoms with E-state index in [2.05, 4.69) is 21.3 Å². The summed E-state index contributed by atoms with van der Waals surface area (Å²) in [4.78, 5) is 23.3. The molecule has 0 atom stereocenters. The Kier molecular flexibility index (Phi) is 7.85. The lowest BCUT2D eigenvalue weighted by Gasteiger charge is -2.11. The maximum atomic E-state index is 11.7. The molecule has 1 aromatic rings. The molecule has 1 aromatic carbocycles. The van der Waals surface area contributed by atoms with E-state index < -0.39 is 0 Å². The molecule has 1 saturated carbocycles. The fourth-order valence-corrected chi connectivity index (χ4v) is 1.98. The van der Waals surface area contributed by atoms with Crippen LogP contribution in [0.3, 0.4) is 0 Å². The molecule has 6 nitrogen and oxygen atoms in total. The van der Waals surface area contributed by atoms with Gasteiger partial charge in [-0.3, -0.25) is 4.79 Å². The lowest BCUT2D eigenvalue weighted by Crippen LogP contribution is -2.34. The van der Waals surface area contributed by atoms with E-state index in [0.717, 1.165) is 12.5 Å². The summed E-state index contributed by atoms with van der Waals surface area (Å²) in [5.74, 6) is 0.703. The van der Waals surface area contributed by atoms with Crippen molar-refractivity contribution in [3.05, 3.63) is 24.3 Å². The van der Waals surface area contributed by atoms with Crippen LogP contribution in [0.1, 0.15) is 26.7 Å². The minimum Gasteiger partial charge on any atom is -0.336 e. The average Bonchev–Trinajstić information content (AvgIpc) is 3.24. The van der Waals surface area contributed by atoms with Crippen LogP contribution >= 0.6 is 12.4 Å². The third-order valence-corrected chi connectivity index (χ3v) is 3.26. The second kappa shape index (κ2) is 9.37. The molecule has 1 aliphatic rings. The molecule has 0 spiro atoms. The lowest BCUT2D eigenvalue weighted by atomic mass is 10.2. The zero-order valence-electron chi connectivity index (χ0n) is 13.5. The van der Waals surface area contributed by atoms with Crippen LogP contribution in [0.2, 0.25) is 0 Å². The van der Waals surface area contributed by atoms with Gasteiger partial charge < -0.3 is 21.3 Å². The fourth-order valence-electron chi connectivity index (χ4n) is 1.98. The Morgan fingerprint density at radius 3 is 2.17 bits per heavy atom. The SMILES string of the molecule is CC(C)NC(=O)Nc1ccc(NC(=O)CNCC2CC2)cc1.Cl. The summed E-state index contributed by atoms with van der Waals surface area (Å²) in [5.41, 5.74) is 1.40. The number of nitrogens with one attached hydrogen (secondary N) is 4. The highest BCUT2D eigenvalue weighted by atomic mass is 35.5. The summed E-state index contributed by atoms with van der Waals surface area (Å²) in [7, 11) is 0. The first-order valence-corrected chi connectivity index (χ1v) is 7.71. The minimum atomic E-state index is -0.240. The first-order chi connectivity index (χ1) is 10.5. The molecule has 3 amide bonds. The Labute approximate surface area is 143 Å². The molecule has 1 aliphatic carbocycles. The molecule has 0 aromatic heterocycles. The molecule has 0 bridgehead atoms. The van der Waals surface area contributed by atoms with Crippen molar-refractivity contribution in [1.29, 1.82) is 0 Å². The van der Waals surface area contributed by atoms with Crippen LogP contribution in [0.4, 0.5) is 16.2 Å². The molecule has 0 saturated heterocycles. The molecule has 0 radical (unpaired) electrons. The first kappa shape index (κ1) is 19.3. The highest BCUT2D eigenvalue weighted by Crippen LogP contribution is 2.27. The van der Waals surface area contributed by atoms with Gasteiger partial charge in [0.25, 0.3) is 0 Å². The van der Waals surface area contributed by atoms with Gasteiger partial charge in [-0.2, -0.15) is 0 Å². The van der Waals surface area contributed by atoms with Gasteiger partial charge in [0.05, 0.1) is 6.54 Å². The predicted molar refractivity (Wildman–Crippen MR) is 95.2 cm³/mol. The third kappa shape index (κ3) is 7.85. The summed E-state index contributed by atoms with van der Waals surface area (Å²) < 4.78 is 0. The van der Waals surface area contributed by atoms with Gasteiger partial charge in [0.1, 0.15) is 0 Å². The molecule has 1 fully saturated rings. The summed E-state index contributed by atoms with van der Waals surface area (Å²) >= 11 is 0. The summed E-state index contributed by atoms with van der Waals surface area (Å²) in [6, 6.07) is 6.89. The Balaban J connectivity index is 0.00000264. The smallest absolute Gasteiger partial charge is 0.319 e. The van der Waals surface area contributed by atoms with Gasteiger partial charge in [-0.1, -0.05) is 0 Å². The second-order valence-corrected chi connectivity index (χ2v) is 5.95. The van der Waals surface area contributed by atoms with Crippen molar-refractivity contribution < 1.29 is 9.59 Å². The number of halogens is 1. The van der Waals surface area contributed by atoms with E-state index in [-0.39, 0.29) is 30.4 Å². The number of urea groups is 1. The van der Waals surface area contributed by atoms with Gasteiger partial charge in [-0.25, -0.2) is 4.79 Å². The summed E-state index contributed by atoms with van der Waals surface area (Å²) in [6.45, 7) is 5.04. The van der Waals surface area contributed by atoms with E-state index >= 15 is 0 Å². The molecule has 0 heterocycles. The van der Waals surface area contributed by atoms with Crippen molar-refractivity contribution in [2.75, 3.05) is 23.7 Å². The zero-order valence-corrected chi connectivity index (χ0v) is 14.3. The van der Waals surface area contributed by atoms with Crippen LogP contribution < -0.4 is 21.3 Å². The van der Waals surface area contributed by atoms with Crippen LogP contribution in [0.25, 0.3) is 0 Å². The minimum absolute atomic E-state index is 0. The lowest BCUT2D eigenvalue weighted by molar-refractivity contribution is -0.115. The number of carbonyl (C=O) groups is 2. The molecular formula is C16H25ClN4O2. The second-order valence-electron chi connectivity index (χ2n) is 5.95. The Morgan fingerprint density at radius 2 is 1.65 bits per heavy atom. The van der Waals surface area contributed by atoms with E-state index in [9.17, 15) is 9.59 Å². The van der Waals surface area contributed by atoms with Crippen molar-refractivity contribution in [2.24, 2.45) is 5.92 Å². The summed E-state index contributed by atoms with van der Waals surface area (Å²) in [5, 5.41) is 11.4. The molecular weight excluding hydrogens is 316 g/mol. The average molecular weight is 341 g/mol. The summed E-state index contributed by atoms with van der Waals surface area (Å²) in [6.07, 6.45) is 2.54. The van der Waals surface area contributed by atoms with Crippen molar-refractivity contribution in [1.82, 2.24) is 10.6 Å². The van der Waals surface area contributed by atoms with Gasteiger partial charge in [0.2, 0.25) is 5.91 Å². The molecule has 128 valence electrons. The van der Waals surface area contributed by atoms with Crippen LogP contribution in [-0.2, 0) is 4.79 Å². The number of amides is 3. The molecule has 2 rings (SSSR count). The zero-order chi connectivity index (χ0) is 15.9. The predicted octanol–water partition coefficient (Wildman–Crippen LogP) is 2.58. The largest absolute Gasteiger partial charge is 0.336 e. The van der Waals surface area contributed by atoms with Gasteiger partial charge in [-0.15, -0.1) is 12.4 Å². The molecule has 0 aliphatic heterocycles. The highest BCUT2D eigenvalue weighted by molar-refractivity contribution is 5.93. The first-order valence-electron chi connectivity index (χ1n) is 7.71. The van der Waals surface area contributed by atoms with Crippen molar-refractivity contribution in [3.63, 3.8) is 0 Å². The number of benzene rings is 1. The van der Waals surface area contributed by atoms with Crippen molar-refractivity contribution in [2.45, 2.75) is 32.7 Å². The molecule has 7 heteroatoms. The quantitative estimate of drug-likeness (QED) is 0.615. The van der Waals surface area contributed by atoms with Gasteiger partial charge in [-0.05, 0) is 63.4 Å². The standard InChI is InChI=1S/C16H24N4O2.ClH/c1-11(2)18-16(22)20-14-7-5-13(6-8-14)19-15(21)10-17-9-12-3-4-12;/h5-8,11-12,17H,3-4,9-10H2,1-2H3,(H,19,21)(H2,18,20,22);1H. The number of hydrogen-bond donors (Lipinski definition) is 4. The van der Waals surface area contributed by atoms with E-state index in [1.165, 1.54) is 12.8 Å². The molecule has 0 unspecified atom stereocenters. The van der Waals surface area contributed by atoms with Crippen LogP contribution in [-0.4, -0.2) is 31.1 Å². The fraction of sp³-hybridized carbons (Fsp3) is 0.500. The van der Waals surface area contributed by atoms with E-state index in [1.54, 1.807) is 24.3 Å².